The van der Waals surface area contributed by atoms with E-state index in [0.717, 1.165) is 32.0 Å². The maximum Gasteiger partial charge on any atom is 0.125 e. The van der Waals surface area contributed by atoms with E-state index in [9.17, 15) is 4.79 Å². The Morgan fingerprint density at radius 2 is 1.57 bits per heavy atom. The van der Waals surface area contributed by atoms with E-state index in [1.165, 1.54) is 0 Å². The van der Waals surface area contributed by atoms with Crippen molar-refractivity contribution in [3.05, 3.63) is 24.3 Å². The summed E-state index contributed by atoms with van der Waals surface area (Å²) in [5.74, 6) is 0. The molecule has 0 rings (SSSR count). The summed E-state index contributed by atoms with van der Waals surface area (Å²) >= 11 is 0. The van der Waals surface area contributed by atoms with Gasteiger partial charge in [0.1, 0.15) is 6.29 Å². The minimum absolute atomic E-state index is 0.199. The second-order valence-corrected chi connectivity index (χ2v) is 4.24. The van der Waals surface area contributed by atoms with Crippen molar-refractivity contribution in [2.45, 2.75) is 46.5 Å². The third-order valence-corrected chi connectivity index (χ3v) is 2.03. The molecule has 1 nitrogen and oxygen atoms in total. The third-order valence-electron chi connectivity index (χ3n) is 2.03. The van der Waals surface area contributed by atoms with Crippen LogP contribution in [0.1, 0.15) is 46.5 Å². The zero-order valence-electron chi connectivity index (χ0n) is 9.62. The summed E-state index contributed by atoms with van der Waals surface area (Å²) in [7, 11) is 0. The van der Waals surface area contributed by atoms with Crippen LogP contribution in [0, 0.1) is 5.41 Å². The Hall–Kier alpha value is -0.850. The van der Waals surface area contributed by atoms with Crippen molar-refractivity contribution < 1.29 is 4.79 Å². The first-order chi connectivity index (χ1) is 6.62. The smallest absolute Gasteiger partial charge is 0.125 e. The van der Waals surface area contributed by atoms with Crippen molar-refractivity contribution in [3.63, 3.8) is 0 Å². The van der Waals surface area contributed by atoms with Crippen LogP contribution in [0.25, 0.3) is 0 Å². The predicted molar refractivity (Wildman–Crippen MR) is 62.3 cm³/mol. The fourth-order valence-electron chi connectivity index (χ4n) is 1.03. The van der Waals surface area contributed by atoms with Gasteiger partial charge in [-0.05, 0) is 25.7 Å². The molecule has 0 aromatic carbocycles. The van der Waals surface area contributed by atoms with Gasteiger partial charge in [-0.1, -0.05) is 45.1 Å². The molecule has 0 aromatic heterocycles. The number of hydrogen-bond acceptors (Lipinski definition) is 1. The first-order valence-corrected chi connectivity index (χ1v) is 5.38. The minimum atomic E-state index is -0.199. The van der Waals surface area contributed by atoms with Crippen LogP contribution in [0.3, 0.4) is 0 Å². The van der Waals surface area contributed by atoms with Crippen molar-refractivity contribution in [2.75, 3.05) is 0 Å². The van der Waals surface area contributed by atoms with Crippen LogP contribution >= 0.6 is 0 Å². The van der Waals surface area contributed by atoms with Gasteiger partial charge in [-0.2, -0.15) is 0 Å². The van der Waals surface area contributed by atoms with Crippen molar-refractivity contribution in [3.8, 4) is 0 Å². The minimum Gasteiger partial charge on any atom is -0.303 e. The van der Waals surface area contributed by atoms with Crippen LogP contribution in [-0.4, -0.2) is 6.29 Å². The van der Waals surface area contributed by atoms with E-state index >= 15 is 0 Å². The molecule has 0 bridgehead atoms. The van der Waals surface area contributed by atoms with Gasteiger partial charge in [-0.25, -0.2) is 0 Å². The average molecular weight is 194 g/mol. The summed E-state index contributed by atoms with van der Waals surface area (Å²) in [4.78, 5) is 10.6. The summed E-state index contributed by atoms with van der Waals surface area (Å²) in [6.45, 7) is 6.06. The van der Waals surface area contributed by atoms with Gasteiger partial charge in [0.15, 0.2) is 0 Å². The molecule has 0 unspecified atom stereocenters. The Kier molecular flexibility index (Phi) is 7.09. The van der Waals surface area contributed by atoms with Crippen molar-refractivity contribution in [1.82, 2.24) is 0 Å². The Bertz CT molecular complexity index is 199. The summed E-state index contributed by atoms with van der Waals surface area (Å²) < 4.78 is 0. The molecule has 0 aliphatic heterocycles. The molecule has 0 aliphatic carbocycles. The molecule has 0 heterocycles. The van der Waals surface area contributed by atoms with Crippen LogP contribution in [0.5, 0.6) is 0 Å². The Morgan fingerprint density at radius 3 is 2.07 bits per heavy atom. The lowest BCUT2D eigenvalue weighted by molar-refractivity contribution is -0.114. The molecule has 0 aliphatic rings. The molecular formula is C13H22O. The predicted octanol–water partition coefficient (Wildman–Crippen LogP) is 3.90. The topological polar surface area (TPSA) is 17.1 Å². The summed E-state index contributed by atoms with van der Waals surface area (Å²) in [5, 5.41) is 0. The zero-order valence-corrected chi connectivity index (χ0v) is 9.62. The maximum absolute atomic E-state index is 10.6. The molecule has 1 heteroatoms. The van der Waals surface area contributed by atoms with Gasteiger partial charge in [0.2, 0.25) is 0 Å². The summed E-state index contributed by atoms with van der Waals surface area (Å²) in [6, 6.07) is 0. The van der Waals surface area contributed by atoms with E-state index in [0.29, 0.717) is 0 Å². The lowest BCUT2D eigenvalue weighted by atomic mass is 9.91. The number of hydrogen-bond donors (Lipinski definition) is 0. The molecule has 0 amide bonds. The van der Waals surface area contributed by atoms with Gasteiger partial charge < -0.3 is 4.79 Å². The van der Waals surface area contributed by atoms with Crippen molar-refractivity contribution in [2.24, 2.45) is 5.41 Å². The molecule has 14 heavy (non-hydrogen) atoms. The fourth-order valence-corrected chi connectivity index (χ4v) is 1.03. The lowest BCUT2D eigenvalue weighted by Gasteiger charge is -2.12. The summed E-state index contributed by atoms with van der Waals surface area (Å²) in [5.41, 5.74) is -0.199. The van der Waals surface area contributed by atoms with Crippen LogP contribution in [0.15, 0.2) is 24.3 Å². The molecule has 0 atom stereocenters. The molecule has 0 saturated carbocycles. The highest BCUT2D eigenvalue weighted by atomic mass is 16.1. The normalized spacial score (nSPS) is 12.8. The van der Waals surface area contributed by atoms with Gasteiger partial charge >= 0.3 is 0 Å². The van der Waals surface area contributed by atoms with E-state index in [4.69, 9.17) is 0 Å². The standard InChI is InChI=1S/C13H22O/c1-4-5-6-7-8-9-10-11-13(2,3)12-14/h5-6,9-10,12H,4,7-8,11H2,1-3H3/b6-5+,10-9+. The van der Waals surface area contributed by atoms with E-state index < -0.39 is 0 Å². The average Bonchev–Trinajstić information content (AvgIpc) is 2.16. The third kappa shape index (κ3) is 7.78. The molecule has 0 aromatic rings. The van der Waals surface area contributed by atoms with E-state index in [2.05, 4.69) is 31.2 Å². The van der Waals surface area contributed by atoms with E-state index in [1.54, 1.807) is 0 Å². The largest absolute Gasteiger partial charge is 0.303 e. The highest BCUT2D eigenvalue weighted by Gasteiger charge is 2.13. The van der Waals surface area contributed by atoms with Crippen LogP contribution in [0.2, 0.25) is 0 Å². The molecule has 0 fully saturated rings. The van der Waals surface area contributed by atoms with Gasteiger partial charge in [-0.3, -0.25) is 0 Å². The number of aldehydes is 1. The summed E-state index contributed by atoms with van der Waals surface area (Å²) in [6.07, 6.45) is 13.8. The van der Waals surface area contributed by atoms with Gasteiger partial charge in [-0.15, -0.1) is 0 Å². The van der Waals surface area contributed by atoms with Crippen molar-refractivity contribution >= 4 is 6.29 Å². The first kappa shape index (κ1) is 13.2. The Morgan fingerprint density at radius 1 is 1.00 bits per heavy atom. The molecule has 0 saturated heterocycles. The highest BCUT2D eigenvalue weighted by Crippen LogP contribution is 2.17. The molecule has 0 spiro atoms. The SMILES string of the molecule is CC/C=C/CC/C=C/CC(C)(C)C=O. The molecule has 80 valence electrons. The van der Waals surface area contributed by atoms with E-state index in [-0.39, 0.29) is 5.41 Å². The number of allylic oxidation sites excluding steroid dienone is 4. The van der Waals surface area contributed by atoms with Crippen molar-refractivity contribution in [1.29, 1.82) is 0 Å². The zero-order chi connectivity index (χ0) is 10.9. The highest BCUT2D eigenvalue weighted by molar-refractivity contribution is 5.58. The quantitative estimate of drug-likeness (QED) is 0.341. The second-order valence-electron chi connectivity index (χ2n) is 4.24. The monoisotopic (exact) mass is 194 g/mol. The van der Waals surface area contributed by atoms with Crippen LogP contribution < -0.4 is 0 Å². The van der Waals surface area contributed by atoms with Crippen LogP contribution in [0.4, 0.5) is 0 Å². The van der Waals surface area contributed by atoms with Gasteiger partial charge in [0.05, 0.1) is 0 Å². The first-order valence-electron chi connectivity index (χ1n) is 5.38. The maximum atomic E-state index is 10.6. The molecule has 0 radical (unpaired) electrons. The lowest BCUT2D eigenvalue weighted by Crippen LogP contribution is -2.10. The van der Waals surface area contributed by atoms with E-state index in [1.807, 2.05) is 13.8 Å². The second kappa shape index (κ2) is 7.54. The number of carbonyl (C=O) groups excluding carboxylic acids is 1. The van der Waals surface area contributed by atoms with Gasteiger partial charge in [0, 0.05) is 5.41 Å². The Labute approximate surface area is 87.9 Å². The van der Waals surface area contributed by atoms with Crippen LogP contribution in [-0.2, 0) is 4.79 Å². The molecular weight excluding hydrogens is 172 g/mol. The Balaban J connectivity index is 3.54. The van der Waals surface area contributed by atoms with Gasteiger partial charge in [0.25, 0.3) is 0 Å². The molecule has 0 N–H and O–H groups in total. The number of unbranched alkanes of at least 4 members (excludes halogenated alkanes) is 1. The number of rotatable bonds is 7. The number of carbonyl (C=O) groups is 1. The fraction of sp³-hybridized carbons (Fsp3) is 0.615.